The van der Waals surface area contributed by atoms with Crippen molar-refractivity contribution in [3.63, 3.8) is 0 Å². The molecule has 0 aromatic carbocycles. The van der Waals surface area contributed by atoms with Crippen molar-refractivity contribution in [1.29, 1.82) is 0 Å². The average molecular weight is 260 g/mol. The maximum atomic E-state index is 4.89. The Bertz CT molecular complexity index is 183. The first-order valence-electron chi connectivity index (χ1n) is 5.93. The first-order valence-corrected chi connectivity index (χ1v) is 8.18. The van der Waals surface area contributed by atoms with Crippen molar-refractivity contribution in [3.05, 3.63) is 24.5 Å². The quantitative estimate of drug-likeness (QED) is 0.345. The molecular weight excluding hydrogens is 240 g/mol. The second-order valence-electron chi connectivity index (χ2n) is 3.72. The van der Waals surface area contributed by atoms with Crippen molar-refractivity contribution in [1.82, 2.24) is 0 Å². The van der Waals surface area contributed by atoms with Gasteiger partial charge in [0.2, 0.25) is 0 Å². The minimum absolute atomic E-state index is 1.14. The average Bonchev–Trinajstić information content (AvgIpc) is 2.29. The van der Waals surface area contributed by atoms with Crippen molar-refractivity contribution in [2.75, 3.05) is 5.75 Å². The molecule has 0 unspecified atom stereocenters. The minimum Gasteiger partial charge on any atom is -0.332 e. The topological polar surface area (TPSA) is 18.5 Å². The highest BCUT2D eigenvalue weighted by molar-refractivity contribution is 8.74. The largest absolute Gasteiger partial charge is 0.332 e. The number of allylic oxidation sites excluding steroid dienone is 3. The number of hydrogen-bond donors (Lipinski definition) is 0. The van der Waals surface area contributed by atoms with Gasteiger partial charge < -0.3 is 4.89 Å². The van der Waals surface area contributed by atoms with Crippen LogP contribution >= 0.6 is 21.9 Å². The molecule has 2 nitrogen and oxygen atoms in total. The highest BCUT2D eigenvalue weighted by Crippen LogP contribution is 2.24. The van der Waals surface area contributed by atoms with Gasteiger partial charge in [0.15, 0.2) is 0 Å². The van der Waals surface area contributed by atoms with Crippen molar-refractivity contribution in [3.8, 4) is 0 Å². The van der Waals surface area contributed by atoms with Gasteiger partial charge in [-0.05, 0) is 25.3 Å². The lowest BCUT2D eigenvalue weighted by atomic mass is 10.1. The molecule has 0 saturated heterocycles. The van der Waals surface area contributed by atoms with Crippen LogP contribution in [-0.4, -0.2) is 5.75 Å². The van der Waals surface area contributed by atoms with Crippen LogP contribution in [0.2, 0.25) is 0 Å². The second-order valence-corrected chi connectivity index (χ2v) is 5.75. The molecule has 0 N–H and O–H groups in total. The predicted octanol–water partition coefficient (Wildman–Crippen LogP) is 5.05. The van der Waals surface area contributed by atoms with E-state index in [1.165, 1.54) is 49.6 Å². The molecule has 1 aliphatic rings. The Morgan fingerprint density at radius 3 is 2.62 bits per heavy atom. The van der Waals surface area contributed by atoms with Gasteiger partial charge in [-0.25, -0.2) is 0 Å². The van der Waals surface area contributed by atoms with E-state index in [9.17, 15) is 0 Å². The summed E-state index contributed by atoms with van der Waals surface area (Å²) in [5.74, 6) is 1.14. The van der Waals surface area contributed by atoms with E-state index in [1.807, 2.05) is 12.2 Å². The summed E-state index contributed by atoms with van der Waals surface area (Å²) >= 11 is 1.31. The van der Waals surface area contributed by atoms with E-state index >= 15 is 0 Å². The molecular formula is C12H20O2S2. The summed E-state index contributed by atoms with van der Waals surface area (Å²) in [4.78, 5) is 4.84. The summed E-state index contributed by atoms with van der Waals surface area (Å²) in [6.07, 6.45) is 16.8. The van der Waals surface area contributed by atoms with Gasteiger partial charge in [-0.15, -0.1) is 4.33 Å². The number of rotatable bonds is 0. The van der Waals surface area contributed by atoms with Gasteiger partial charge in [-0.3, -0.25) is 0 Å². The van der Waals surface area contributed by atoms with Crippen LogP contribution in [0, 0.1) is 0 Å². The van der Waals surface area contributed by atoms with Gasteiger partial charge in [-0.1, -0.05) is 48.6 Å². The Morgan fingerprint density at radius 2 is 1.69 bits per heavy atom. The van der Waals surface area contributed by atoms with Crippen LogP contribution in [0.15, 0.2) is 24.5 Å². The van der Waals surface area contributed by atoms with E-state index in [1.54, 1.807) is 17.1 Å². The van der Waals surface area contributed by atoms with Gasteiger partial charge in [0.25, 0.3) is 0 Å². The SMILES string of the molecule is C1=C\OOSSCCCCCCCC/C=C/1. The molecule has 1 rings (SSSR count). The molecule has 0 saturated carbocycles. The van der Waals surface area contributed by atoms with Crippen molar-refractivity contribution in [2.45, 2.75) is 44.9 Å². The fraction of sp³-hybridized carbons (Fsp3) is 0.667. The molecule has 0 aromatic rings. The van der Waals surface area contributed by atoms with Crippen LogP contribution in [0.25, 0.3) is 0 Å². The second kappa shape index (κ2) is 11.4. The van der Waals surface area contributed by atoms with Crippen LogP contribution in [-0.2, 0) is 9.22 Å². The highest BCUT2D eigenvalue weighted by Gasteiger charge is 1.94. The summed E-state index contributed by atoms with van der Waals surface area (Å²) in [5, 5.41) is 0. The summed E-state index contributed by atoms with van der Waals surface area (Å²) in [6, 6.07) is 0. The molecule has 0 spiro atoms. The van der Waals surface area contributed by atoms with Crippen molar-refractivity contribution in [2.24, 2.45) is 0 Å². The van der Waals surface area contributed by atoms with Crippen LogP contribution in [0.4, 0.5) is 0 Å². The summed E-state index contributed by atoms with van der Waals surface area (Å²) in [7, 11) is 1.71. The lowest BCUT2D eigenvalue weighted by Gasteiger charge is -2.01. The monoisotopic (exact) mass is 260 g/mol. The predicted molar refractivity (Wildman–Crippen MR) is 72.8 cm³/mol. The lowest BCUT2D eigenvalue weighted by molar-refractivity contribution is -0.127. The molecule has 0 bridgehead atoms. The smallest absolute Gasteiger partial charge is 0.130 e. The molecule has 1 heterocycles. The van der Waals surface area contributed by atoms with E-state index in [2.05, 4.69) is 6.08 Å². The van der Waals surface area contributed by atoms with Crippen LogP contribution < -0.4 is 0 Å². The summed E-state index contributed by atoms with van der Waals surface area (Å²) < 4.78 is 4.89. The molecule has 0 aromatic heterocycles. The fourth-order valence-corrected chi connectivity index (χ4v) is 2.75. The molecule has 0 radical (unpaired) electrons. The van der Waals surface area contributed by atoms with Crippen LogP contribution in [0.3, 0.4) is 0 Å². The Balaban J connectivity index is 2.15. The zero-order chi connectivity index (χ0) is 11.3. The first-order chi connectivity index (χ1) is 8.00. The summed E-state index contributed by atoms with van der Waals surface area (Å²) in [6.45, 7) is 0. The normalized spacial score (nSPS) is 25.5. The Hall–Kier alpha value is -0.0600. The van der Waals surface area contributed by atoms with Gasteiger partial charge in [0, 0.05) is 5.75 Å². The Labute approximate surface area is 106 Å². The molecule has 0 aliphatic carbocycles. The molecule has 4 heteroatoms. The third-order valence-electron chi connectivity index (χ3n) is 2.34. The minimum atomic E-state index is 1.14. The van der Waals surface area contributed by atoms with Crippen LogP contribution in [0.1, 0.15) is 44.9 Å². The summed E-state index contributed by atoms with van der Waals surface area (Å²) in [5.41, 5.74) is 0. The number of hydrogen-bond acceptors (Lipinski definition) is 4. The Morgan fingerprint density at radius 1 is 0.875 bits per heavy atom. The van der Waals surface area contributed by atoms with Crippen molar-refractivity contribution >= 4 is 21.9 Å². The van der Waals surface area contributed by atoms with Gasteiger partial charge in [-0.2, -0.15) is 0 Å². The highest BCUT2D eigenvalue weighted by atomic mass is 33.1. The molecule has 0 fully saturated rings. The van der Waals surface area contributed by atoms with E-state index in [0.717, 1.165) is 12.2 Å². The van der Waals surface area contributed by atoms with E-state index in [0.29, 0.717) is 0 Å². The van der Waals surface area contributed by atoms with Gasteiger partial charge in [0.05, 0.1) is 0 Å². The molecule has 1 aliphatic heterocycles. The zero-order valence-corrected chi connectivity index (χ0v) is 11.2. The maximum absolute atomic E-state index is 4.89. The fourth-order valence-electron chi connectivity index (χ4n) is 1.47. The zero-order valence-electron chi connectivity index (χ0n) is 9.60. The maximum Gasteiger partial charge on any atom is 0.130 e. The molecule has 0 amide bonds. The lowest BCUT2D eigenvalue weighted by Crippen LogP contribution is -1.82. The third-order valence-corrected chi connectivity index (χ3v) is 3.99. The van der Waals surface area contributed by atoms with Crippen LogP contribution in [0.5, 0.6) is 0 Å². The van der Waals surface area contributed by atoms with Gasteiger partial charge in [0.1, 0.15) is 17.3 Å². The molecule has 16 heavy (non-hydrogen) atoms. The van der Waals surface area contributed by atoms with Gasteiger partial charge >= 0.3 is 0 Å². The standard InChI is InChI=1S/C12H20O2S2/c1-2-4-6-8-10-12-15-16-14-13-11-9-7-5-3-1/h5,7,9,11H,1-4,6,8,10,12H2/b7-5+,11-9-. The molecule has 0 atom stereocenters. The first kappa shape index (κ1) is 14.0. The third kappa shape index (κ3) is 9.19. The molecule has 92 valence electrons. The van der Waals surface area contributed by atoms with E-state index in [4.69, 9.17) is 9.22 Å². The Kier molecular flexibility index (Phi) is 10.00. The van der Waals surface area contributed by atoms with E-state index < -0.39 is 0 Å². The van der Waals surface area contributed by atoms with Crippen molar-refractivity contribution < 1.29 is 9.22 Å². The van der Waals surface area contributed by atoms with E-state index in [-0.39, 0.29) is 0 Å².